The SMILES string of the molecule is CCCCCCCOC(=O)CN(C)C(=O)c1cccc(Br)c1. The number of hydrogen-bond acceptors (Lipinski definition) is 3. The maximum absolute atomic E-state index is 12.2. The normalized spacial score (nSPS) is 10.3. The zero-order valence-corrected chi connectivity index (χ0v) is 14.9. The number of esters is 1. The van der Waals surface area contributed by atoms with Crippen LogP contribution in [0.2, 0.25) is 0 Å². The molecule has 4 nitrogen and oxygen atoms in total. The van der Waals surface area contributed by atoms with Crippen LogP contribution in [-0.4, -0.2) is 37.0 Å². The zero-order chi connectivity index (χ0) is 16.4. The monoisotopic (exact) mass is 369 g/mol. The molecule has 0 saturated carbocycles. The molecule has 0 aliphatic heterocycles. The van der Waals surface area contributed by atoms with Crippen molar-refractivity contribution >= 4 is 27.8 Å². The van der Waals surface area contributed by atoms with Crippen LogP contribution in [0, 0.1) is 0 Å². The highest BCUT2D eigenvalue weighted by Crippen LogP contribution is 2.13. The maximum atomic E-state index is 12.2. The second kappa shape index (κ2) is 10.4. The van der Waals surface area contributed by atoms with E-state index in [9.17, 15) is 9.59 Å². The van der Waals surface area contributed by atoms with E-state index in [4.69, 9.17) is 4.74 Å². The Hall–Kier alpha value is -1.36. The Kier molecular flexibility index (Phi) is 8.82. The van der Waals surface area contributed by atoms with E-state index in [0.29, 0.717) is 12.2 Å². The lowest BCUT2D eigenvalue weighted by Crippen LogP contribution is -2.33. The zero-order valence-electron chi connectivity index (χ0n) is 13.3. The van der Waals surface area contributed by atoms with Crippen molar-refractivity contribution < 1.29 is 14.3 Å². The number of benzene rings is 1. The Balaban J connectivity index is 2.30. The Labute approximate surface area is 141 Å². The number of hydrogen-bond donors (Lipinski definition) is 0. The standard InChI is InChI=1S/C17H24BrNO3/c1-3-4-5-6-7-11-22-16(20)13-19(2)17(21)14-9-8-10-15(18)12-14/h8-10,12H,3-7,11,13H2,1-2H3. The van der Waals surface area contributed by atoms with Crippen LogP contribution < -0.4 is 0 Å². The number of halogens is 1. The fourth-order valence-corrected chi connectivity index (χ4v) is 2.44. The molecule has 0 atom stereocenters. The van der Waals surface area contributed by atoms with Crippen LogP contribution >= 0.6 is 15.9 Å². The minimum absolute atomic E-state index is 0.0275. The van der Waals surface area contributed by atoms with E-state index in [0.717, 1.165) is 17.3 Å². The lowest BCUT2D eigenvalue weighted by Gasteiger charge is -2.16. The highest BCUT2D eigenvalue weighted by Gasteiger charge is 2.15. The first-order chi connectivity index (χ1) is 10.5. The summed E-state index contributed by atoms with van der Waals surface area (Å²) in [6.07, 6.45) is 5.55. The van der Waals surface area contributed by atoms with Crippen LogP contribution in [-0.2, 0) is 9.53 Å². The van der Waals surface area contributed by atoms with Gasteiger partial charge in [0.05, 0.1) is 6.61 Å². The van der Waals surface area contributed by atoms with Gasteiger partial charge >= 0.3 is 5.97 Å². The van der Waals surface area contributed by atoms with Crippen LogP contribution in [0.5, 0.6) is 0 Å². The molecule has 0 heterocycles. The van der Waals surface area contributed by atoms with Crippen molar-refractivity contribution in [1.82, 2.24) is 4.90 Å². The summed E-state index contributed by atoms with van der Waals surface area (Å²) in [5.74, 6) is -0.553. The molecule has 0 spiro atoms. The number of unbranched alkanes of at least 4 members (excludes halogenated alkanes) is 4. The van der Waals surface area contributed by atoms with Gasteiger partial charge in [0.1, 0.15) is 6.54 Å². The predicted octanol–water partition coefficient (Wildman–Crippen LogP) is 4.03. The van der Waals surface area contributed by atoms with Gasteiger partial charge in [-0.25, -0.2) is 0 Å². The second-order valence-corrected chi connectivity index (χ2v) is 6.22. The predicted molar refractivity (Wildman–Crippen MR) is 90.8 cm³/mol. The summed E-state index contributed by atoms with van der Waals surface area (Å²) in [5.41, 5.74) is 0.546. The molecule has 122 valence electrons. The lowest BCUT2D eigenvalue weighted by molar-refractivity contribution is -0.144. The fraction of sp³-hybridized carbons (Fsp3) is 0.529. The number of likely N-dealkylation sites (N-methyl/N-ethyl adjacent to an activating group) is 1. The van der Waals surface area contributed by atoms with Crippen LogP contribution in [0.15, 0.2) is 28.7 Å². The molecular weight excluding hydrogens is 346 g/mol. The van der Waals surface area contributed by atoms with E-state index in [1.165, 1.54) is 24.2 Å². The van der Waals surface area contributed by atoms with Crippen LogP contribution in [0.1, 0.15) is 49.4 Å². The van der Waals surface area contributed by atoms with Crippen molar-refractivity contribution in [1.29, 1.82) is 0 Å². The summed E-state index contributed by atoms with van der Waals surface area (Å²) >= 11 is 3.33. The van der Waals surface area contributed by atoms with E-state index in [1.54, 1.807) is 25.2 Å². The summed E-state index contributed by atoms with van der Waals surface area (Å²) in [4.78, 5) is 25.3. The summed E-state index contributed by atoms with van der Waals surface area (Å²) < 4.78 is 6.00. The Bertz CT molecular complexity index is 491. The fourth-order valence-electron chi connectivity index (χ4n) is 2.04. The van der Waals surface area contributed by atoms with Gasteiger partial charge in [-0.3, -0.25) is 9.59 Å². The summed E-state index contributed by atoms with van der Waals surface area (Å²) in [7, 11) is 1.60. The van der Waals surface area contributed by atoms with Gasteiger partial charge in [0.25, 0.3) is 5.91 Å². The number of ether oxygens (including phenoxy) is 1. The molecule has 0 aliphatic rings. The largest absolute Gasteiger partial charge is 0.464 e. The highest BCUT2D eigenvalue weighted by molar-refractivity contribution is 9.10. The number of rotatable bonds is 9. The third-order valence-electron chi connectivity index (χ3n) is 3.30. The minimum atomic E-state index is -0.360. The van der Waals surface area contributed by atoms with Crippen molar-refractivity contribution in [3.8, 4) is 0 Å². The average Bonchev–Trinajstić information content (AvgIpc) is 2.50. The molecule has 0 aromatic heterocycles. The topological polar surface area (TPSA) is 46.6 Å². The molecule has 0 radical (unpaired) electrons. The number of nitrogens with zero attached hydrogens (tertiary/aromatic N) is 1. The van der Waals surface area contributed by atoms with Gasteiger partial charge in [-0.15, -0.1) is 0 Å². The van der Waals surface area contributed by atoms with Crippen molar-refractivity contribution in [2.75, 3.05) is 20.2 Å². The molecule has 0 aliphatic carbocycles. The maximum Gasteiger partial charge on any atom is 0.325 e. The molecule has 0 saturated heterocycles. The molecule has 1 amide bonds. The molecule has 22 heavy (non-hydrogen) atoms. The van der Waals surface area contributed by atoms with Gasteiger partial charge in [0, 0.05) is 17.1 Å². The van der Waals surface area contributed by atoms with Crippen LogP contribution in [0.3, 0.4) is 0 Å². The molecule has 0 bridgehead atoms. The van der Waals surface area contributed by atoms with Gasteiger partial charge in [0.15, 0.2) is 0 Å². The van der Waals surface area contributed by atoms with Gasteiger partial charge in [-0.1, -0.05) is 54.6 Å². The first-order valence-corrected chi connectivity index (χ1v) is 8.50. The Morgan fingerprint density at radius 1 is 1.18 bits per heavy atom. The second-order valence-electron chi connectivity index (χ2n) is 5.31. The van der Waals surface area contributed by atoms with Crippen LogP contribution in [0.25, 0.3) is 0 Å². The first kappa shape index (κ1) is 18.7. The third-order valence-corrected chi connectivity index (χ3v) is 3.79. The molecule has 0 unspecified atom stereocenters. The molecule has 0 N–H and O–H groups in total. The Morgan fingerprint density at radius 3 is 2.59 bits per heavy atom. The highest BCUT2D eigenvalue weighted by atomic mass is 79.9. The first-order valence-electron chi connectivity index (χ1n) is 7.71. The van der Waals surface area contributed by atoms with Gasteiger partial charge < -0.3 is 9.64 Å². The minimum Gasteiger partial charge on any atom is -0.464 e. The Morgan fingerprint density at radius 2 is 1.91 bits per heavy atom. The van der Waals surface area contributed by atoms with E-state index in [1.807, 2.05) is 6.07 Å². The van der Waals surface area contributed by atoms with Gasteiger partial charge in [0.2, 0.25) is 0 Å². The molecule has 1 rings (SSSR count). The van der Waals surface area contributed by atoms with E-state index in [-0.39, 0.29) is 18.4 Å². The average molecular weight is 370 g/mol. The third kappa shape index (κ3) is 7.07. The van der Waals surface area contributed by atoms with E-state index >= 15 is 0 Å². The quantitative estimate of drug-likeness (QED) is 0.487. The molecular formula is C17H24BrNO3. The van der Waals surface area contributed by atoms with Crippen molar-refractivity contribution in [3.05, 3.63) is 34.3 Å². The summed E-state index contributed by atoms with van der Waals surface area (Å²) in [6, 6.07) is 7.10. The lowest BCUT2D eigenvalue weighted by atomic mass is 10.2. The summed E-state index contributed by atoms with van der Waals surface area (Å²) in [5, 5.41) is 0. The van der Waals surface area contributed by atoms with Crippen molar-refractivity contribution in [2.45, 2.75) is 39.0 Å². The van der Waals surface area contributed by atoms with Crippen LogP contribution in [0.4, 0.5) is 0 Å². The molecule has 1 aromatic carbocycles. The molecule has 1 aromatic rings. The van der Waals surface area contributed by atoms with Gasteiger partial charge in [-0.2, -0.15) is 0 Å². The number of amides is 1. The summed E-state index contributed by atoms with van der Waals surface area (Å²) in [6.45, 7) is 2.57. The van der Waals surface area contributed by atoms with Gasteiger partial charge in [-0.05, 0) is 24.6 Å². The van der Waals surface area contributed by atoms with E-state index in [2.05, 4.69) is 22.9 Å². The van der Waals surface area contributed by atoms with E-state index < -0.39 is 0 Å². The van der Waals surface area contributed by atoms with Crippen molar-refractivity contribution in [3.63, 3.8) is 0 Å². The molecule has 0 fully saturated rings. The van der Waals surface area contributed by atoms with Crippen molar-refractivity contribution in [2.24, 2.45) is 0 Å². The number of carbonyl (C=O) groups is 2. The molecule has 5 heteroatoms. The number of carbonyl (C=O) groups excluding carboxylic acids is 2. The smallest absolute Gasteiger partial charge is 0.325 e.